The van der Waals surface area contributed by atoms with Gasteiger partial charge in [-0.2, -0.15) is 0 Å². The van der Waals surface area contributed by atoms with Gasteiger partial charge in [-0.05, 0) is 19.1 Å². The summed E-state index contributed by atoms with van der Waals surface area (Å²) in [4.78, 5) is 14.0. The van der Waals surface area contributed by atoms with Crippen LogP contribution in [0, 0.1) is 0 Å². The van der Waals surface area contributed by atoms with Crippen LogP contribution in [0.2, 0.25) is 0 Å². The predicted octanol–water partition coefficient (Wildman–Crippen LogP) is 2.50. The van der Waals surface area contributed by atoms with Crippen molar-refractivity contribution in [2.45, 2.75) is 6.92 Å². The molecule has 15 heavy (non-hydrogen) atoms. The first-order valence-corrected chi connectivity index (χ1v) is 5.73. The van der Waals surface area contributed by atoms with Crippen LogP contribution in [0.15, 0.2) is 27.7 Å². The van der Waals surface area contributed by atoms with E-state index in [0.29, 0.717) is 21.5 Å². The number of carbonyl (C=O) groups excluding carboxylic acids is 1. The van der Waals surface area contributed by atoms with Gasteiger partial charge in [0.15, 0.2) is 0 Å². The molecule has 5 heteroatoms. The number of nitrogens with zero attached hydrogens (tertiary/aromatic N) is 1. The van der Waals surface area contributed by atoms with Crippen molar-refractivity contribution in [3.05, 3.63) is 29.1 Å². The fraction of sp³-hybridized carbons (Fsp3) is 0.200. The van der Waals surface area contributed by atoms with Crippen molar-refractivity contribution in [1.82, 2.24) is 4.90 Å². The average Bonchev–Trinajstić information content (AvgIpc) is 2.78. The molecule has 0 saturated carbocycles. The first-order chi connectivity index (χ1) is 7.22. The lowest BCUT2D eigenvalue weighted by atomic mass is 10.3. The van der Waals surface area contributed by atoms with Gasteiger partial charge >= 0.3 is 0 Å². The van der Waals surface area contributed by atoms with Crippen LogP contribution < -0.4 is 0 Å². The molecule has 78 valence electrons. The first-order valence-electron chi connectivity index (χ1n) is 4.51. The molecule has 0 N–H and O–H groups in total. The Morgan fingerprint density at radius 1 is 1.67 bits per heavy atom. The SMILES string of the molecule is CCN1C(=O)C(=Cc2ccco2)SC1=S. The predicted molar refractivity (Wildman–Crippen MR) is 64.3 cm³/mol. The molecule has 1 aliphatic heterocycles. The fourth-order valence-electron chi connectivity index (χ4n) is 1.28. The third-order valence-corrected chi connectivity index (χ3v) is 3.38. The molecule has 2 heterocycles. The molecular formula is C10H9NO2S2. The molecular weight excluding hydrogens is 230 g/mol. The monoisotopic (exact) mass is 239 g/mol. The van der Waals surface area contributed by atoms with E-state index >= 15 is 0 Å². The molecule has 1 aromatic heterocycles. The van der Waals surface area contributed by atoms with Crippen molar-refractivity contribution < 1.29 is 9.21 Å². The minimum Gasteiger partial charge on any atom is -0.465 e. The van der Waals surface area contributed by atoms with Crippen LogP contribution in [0.3, 0.4) is 0 Å². The summed E-state index contributed by atoms with van der Waals surface area (Å²) >= 11 is 6.40. The number of furan rings is 1. The third-order valence-electron chi connectivity index (χ3n) is 2.01. The van der Waals surface area contributed by atoms with Crippen LogP contribution >= 0.6 is 24.0 Å². The van der Waals surface area contributed by atoms with Crippen molar-refractivity contribution in [2.24, 2.45) is 0 Å². The number of hydrogen-bond acceptors (Lipinski definition) is 4. The van der Waals surface area contributed by atoms with E-state index in [4.69, 9.17) is 16.6 Å². The maximum Gasteiger partial charge on any atom is 0.266 e. The molecule has 0 atom stereocenters. The molecule has 0 aliphatic carbocycles. The second kappa shape index (κ2) is 4.20. The highest BCUT2D eigenvalue weighted by atomic mass is 32.2. The van der Waals surface area contributed by atoms with Gasteiger partial charge in [-0.15, -0.1) is 0 Å². The molecule has 1 saturated heterocycles. The Bertz CT molecular complexity index is 423. The lowest BCUT2D eigenvalue weighted by Crippen LogP contribution is -2.27. The van der Waals surface area contributed by atoms with Crippen LogP contribution in [-0.4, -0.2) is 21.7 Å². The Kier molecular flexibility index (Phi) is 2.93. The normalized spacial score (nSPS) is 19.3. The van der Waals surface area contributed by atoms with Gasteiger partial charge < -0.3 is 4.42 Å². The minimum absolute atomic E-state index is 0.0381. The van der Waals surface area contributed by atoms with Crippen LogP contribution in [0.25, 0.3) is 6.08 Å². The second-order valence-corrected chi connectivity index (χ2v) is 4.62. The number of hydrogen-bond donors (Lipinski definition) is 0. The summed E-state index contributed by atoms with van der Waals surface area (Å²) in [5.74, 6) is 0.635. The zero-order chi connectivity index (χ0) is 10.8. The van der Waals surface area contributed by atoms with Gasteiger partial charge in [0.1, 0.15) is 10.1 Å². The number of rotatable bonds is 2. The van der Waals surface area contributed by atoms with E-state index in [1.165, 1.54) is 11.8 Å². The summed E-state index contributed by atoms with van der Waals surface area (Å²) in [6, 6.07) is 3.59. The summed E-state index contributed by atoms with van der Waals surface area (Å²) in [7, 11) is 0. The molecule has 0 aromatic carbocycles. The van der Waals surface area contributed by atoms with E-state index < -0.39 is 0 Å². The van der Waals surface area contributed by atoms with E-state index in [-0.39, 0.29) is 5.91 Å². The number of thiocarbonyl (C=S) groups is 1. The van der Waals surface area contributed by atoms with Gasteiger partial charge in [0.25, 0.3) is 5.91 Å². The van der Waals surface area contributed by atoms with Crippen LogP contribution in [0.5, 0.6) is 0 Å². The Morgan fingerprint density at radius 3 is 3.00 bits per heavy atom. The van der Waals surface area contributed by atoms with Crippen molar-refractivity contribution in [3.63, 3.8) is 0 Å². The van der Waals surface area contributed by atoms with E-state index in [1.807, 2.05) is 6.92 Å². The summed E-state index contributed by atoms with van der Waals surface area (Å²) in [6.07, 6.45) is 3.29. The van der Waals surface area contributed by atoms with Gasteiger partial charge in [-0.25, -0.2) is 0 Å². The van der Waals surface area contributed by atoms with Crippen molar-refractivity contribution in [3.8, 4) is 0 Å². The fourth-order valence-corrected chi connectivity index (χ4v) is 2.64. The first kappa shape index (κ1) is 10.4. The Hall–Kier alpha value is -1.07. The number of thioether (sulfide) groups is 1. The average molecular weight is 239 g/mol. The van der Waals surface area contributed by atoms with Gasteiger partial charge in [0.05, 0.1) is 11.2 Å². The Morgan fingerprint density at radius 2 is 2.47 bits per heavy atom. The summed E-state index contributed by atoms with van der Waals surface area (Å²) in [6.45, 7) is 2.51. The third kappa shape index (κ3) is 1.98. The molecule has 0 radical (unpaired) electrons. The van der Waals surface area contributed by atoms with E-state index in [2.05, 4.69) is 0 Å². The molecule has 1 amide bonds. The molecule has 0 spiro atoms. The smallest absolute Gasteiger partial charge is 0.266 e. The quantitative estimate of drug-likeness (QED) is 0.586. The summed E-state index contributed by atoms with van der Waals surface area (Å²) in [5, 5.41) is 0. The maximum absolute atomic E-state index is 11.8. The largest absolute Gasteiger partial charge is 0.465 e. The zero-order valence-electron chi connectivity index (χ0n) is 8.10. The lowest BCUT2D eigenvalue weighted by Gasteiger charge is -2.09. The second-order valence-electron chi connectivity index (χ2n) is 2.94. The highest BCUT2D eigenvalue weighted by Crippen LogP contribution is 2.32. The van der Waals surface area contributed by atoms with E-state index in [1.54, 1.807) is 29.4 Å². The van der Waals surface area contributed by atoms with Gasteiger partial charge in [-0.1, -0.05) is 24.0 Å². The molecule has 0 bridgehead atoms. The van der Waals surface area contributed by atoms with Crippen LogP contribution in [-0.2, 0) is 4.79 Å². The molecule has 1 aliphatic rings. The highest BCUT2D eigenvalue weighted by molar-refractivity contribution is 8.26. The summed E-state index contributed by atoms with van der Waals surface area (Å²) in [5.41, 5.74) is 0. The number of carbonyl (C=O) groups is 1. The number of likely N-dealkylation sites (N-methyl/N-ethyl adjacent to an activating group) is 1. The Labute approximate surface area is 97.1 Å². The molecule has 2 rings (SSSR count). The van der Waals surface area contributed by atoms with Crippen molar-refractivity contribution in [1.29, 1.82) is 0 Å². The summed E-state index contributed by atoms with van der Waals surface area (Å²) < 4.78 is 5.76. The standard InChI is InChI=1S/C10H9NO2S2/c1-2-11-9(12)8(15-10(11)14)6-7-4-3-5-13-7/h3-6H,2H2,1H3. The molecule has 1 aromatic rings. The van der Waals surface area contributed by atoms with E-state index in [9.17, 15) is 4.79 Å². The lowest BCUT2D eigenvalue weighted by molar-refractivity contribution is -0.121. The zero-order valence-corrected chi connectivity index (χ0v) is 9.73. The Balaban J connectivity index is 2.26. The van der Waals surface area contributed by atoms with Gasteiger partial charge in [0.2, 0.25) is 0 Å². The topological polar surface area (TPSA) is 33.5 Å². The minimum atomic E-state index is -0.0381. The van der Waals surface area contributed by atoms with E-state index in [0.717, 1.165) is 0 Å². The van der Waals surface area contributed by atoms with Crippen LogP contribution in [0.1, 0.15) is 12.7 Å². The van der Waals surface area contributed by atoms with Crippen molar-refractivity contribution >= 4 is 40.3 Å². The van der Waals surface area contributed by atoms with Gasteiger partial charge in [0, 0.05) is 12.6 Å². The number of amides is 1. The van der Waals surface area contributed by atoms with Gasteiger partial charge in [-0.3, -0.25) is 9.69 Å². The molecule has 3 nitrogen and oxygen atoms in total. The van der Waals surface area contributed by atoms with Crippen molar-refractivity contribution in [2.75, 3.05) is 6.54 Å². The molecule has 0 unspecified atom stereocenters. The van der Waals surface area contributed by atoms with Crippen LogP contribution in [0.4, 0.5) is 0 Å². The maximum atomic E-state index is 11.8. The molecule has 1 fully saturated rings. The highest BCUT2D eigenvalue weighted by Gasteiger charge is 2.30.